The molecule has 0 amide bonds. The summed E-state index contributed by atoms with van der Waals surface area (Å²) in [6.45, 7) is 5.21. The first-order chi connectivity index (χ1) is 7.27. The van der Waals surface area contributed by atoms with E-state index >= 15 is 0 Å². The van der Waals surface area contributed by atoms with E-state index in [1.165, 1.54) is 36.8 Å². The summed E-state index contributed by atoms with van der Waals surface area (Å²) in [6.07, 6.45) is 5.08. The van der Waals surface area contributed by atoms with Gasteiger partial charge in [-0.1, -0.05) is 26.0 Å². The first kappa shape index (κ1) is 10.5. The topological polar surface area (TPSA) is 9.23 Å². The Morgan fingerprint density at radius 2 is 2.00 bits per heavy atom. The van der Waals surface area contributed by atoms with Gasteiger partial charge in [-0.05, 0) is 48.8 Å². The van der Waals surface area contributed by atoms with Crippen LogP contribution in [0.15, 0.2) is 18.2 Å². The molecule has 82 valence electrons. The SMILES string of the molecule is CC(C)COc1cccc2c1CCCC2. The molecule has 0 spiro atoms. The summed E-state index contributed by atoms with van der Waals surface area (Å²) in [5.74, 6) is 1.73. The van der Waals surface area contributed by atoms with Gasteiger partial charge >= 0.3 is 0 Å². The smallest absolute Gasteiger partial charge is 0.122 e. The van der Waals surface area contributed by atoms with Crippen LogP contribution in [-0.4, -0.2) is 6.61 Å². The van der Waals surface area contributed by atoms with Crippen LogP contribution in [-0.2, 0) is 12.8 Å². The van der Waals surface area contributed by atoms with Gasteiger partial charge in [0.15, 0.2) is 0 Å². The molecule has 0 N–H and O–H groups in total. The van der Waals surface area contributed by atoms with Gasteiger partial charge in [-0.25, -0.2) is 0 Å². The van der Waals surface area contributed by atoms with E-state index in [1.807, 2.05) is 0 Å². The lowest BCUT2D eigenvalue weighted by atomic mass is 9.91. The molecule has 0 heterocycles. The minimum Gasteiger partial charge on any atom is -0.493 e. The Kier molecular flexibility index (Phi) is 3.30. The van der Waals surface area contributed by atoms with Crippen molar-refractivity contribution in [1.29, 1.82) is 0 Å². The fourth-order valence-corrected chi connectivity index (χ4v) is 2.14. The molecule has 2 rings (SSSR count). The molecule has 1 aliphatic rings. The molecule has 15 heavy (non-hydrogen) atoms. The lowest BCUT2D eigenvalue weighted by Crippen LogP contribution is -2.09. The van der Waals surface area contributed by atoms with E-state index in [1.54, 1.807) is 0 Å². The van der Waals surface area contributed by atoms with Gasteiger partial charge in [-0.2, -0.15) is 0 Å². The Morgan fingerprint density at radius 3 is 2.80 bits per heavy atom. The largest absolute Gasteiger partial charge is 0.493 e. The van der Waals surface area contributed by atoms with Gasteiger partial charge in [0.1, 0.15) is 5.75 Å². The molecule has 0 radical (unpaired) electrons. The highest BCUT2D eigenvalue weighted by molar-refractivity contribution is 5.41. The van der Waals surface area contributed by atoms with Crippen LogP contribution < -0.4 is 4.74 Å². The number of benzene rings is 1. The van der Waals surface area contributed by atoms with Crippen molar-refractivity contribution in [2.45, 2.75) is 39.5 Å². The molecule has 0 aromatic heterocycles. The molecule has 0 bridgehead atoms. The average molecular weight is 204 g/mol. The van der Waals surface area contributed by atoms with Crippen molar-refractivity contribution in [2.75, 3.05) is 6.61 Å². The predicted octanol–water partition coefficient (Wildman–Crippen LogP) is 3.60. The van der Waals surface area contributed by atoms with Crippen molar-refractivity contribution in [1.82, 2.24) is 0 Å². The molecule has 0 saturated carbocycles. The van der Waals surface area contributed by atoms with Gasteiger partial charge in [-0.3, -0.25) is 0 Å². The summed E-state index contributed by atoms with van der Waals surface area (Å²) in [5.41, 5.74) is 2.96. The highest BCUT2D eigenvalue weighted by atomic mass is 16.5. The number of aryl methyl sites for hydroxylation is 1. The van der Waals surface area contributed by atoms with E-state index in [0.29, 0.717) is 5.92 Å². The summed E-state index contributed by atoms with van der Waals surface area (Å²) in [7, 11) is 0. The molecule has 0 aliphatic heterocycles. The van der Waals surface area contributed by atoms with Crippen LogP contribution in [0.2, 0.25) is 0 Å². The number of hydrogen-bond donors (Lipinski definition) is 0. The van der Waals surface area contributed by atoms with Gasteiger partial charge in [0.2, 0.25) is 0 Å². The molecule has 1 heteroatoms. The van der Waals surface area contributed by atoms with E-state index in [9.17, 15) is 0 Å². The van der Waals surface area contributed by atoms with Crippen molar-refractivity contribution in [3.63, 3.8) is 0 Å². The fraction of sp³-hybridized carbons (Fsp3) is 0.571. The first-order valence-corrected chi connectivity index (χ1v) is 6.01. The van der Waals surface area contributed by atoms with E-state index in [0.717, 1.165) is 12.4 Å². The third-order valence-corrected chi connectivity index (χ3v) is 2.93. The van der Waals surface area contributed by atoms with E-state index in [-0.39, 0.29) is 0 Å². The van der Waals surface area contributed by atoms with Crippen LogP contribution in [0.1, 0.15) is 37.8 Å². The lowest BCUT2D eigenvalue weighted by molar-refractivity contribution is 0.267. The van der Waals surface area contributed by atoms with E-state index in [4.69, 9.17) is 4.74 Å². The zero-order chi connectivity index (χ0) is 10.7. The highest BCUT2D eigenvalue weighted by Crippen LogP contribution is 2.29. The third kappa shape index (κ3) is 2.53. The van der Waals surface area contributed by atoms with Crippen LogP contribution in [0.4, 0.5) is 0 Å². The summed E-state index contributed by atoms with van der Waals surface area (Å²) in [4.78, 5) is 0. The lowest BCUT2D eigenvalue weighted by Gasteiger charge is -2.20. The van der Waals surface area contributed by atoms with Crippen LogP contribution in [0.3, 0.4) is 0 Å². The summed E-state index contributed by atoms with van der Waals surface area (Å²) >= 11 is 0. The minimum absolute atomic E-state index is 0.601. The second kappa shape index (κ2) is 4.69. The van der Waals surface area contributed by atoms with Gasteiger partial charge < -0.3 is 4.74 Å². The Balaban J connectivity index is 2.16. The van der Waals surface area contributed by atoms with E-state index in [2.05, 4.69) is 32.0 Å². The van der Waals surface area contributed by atoms with Crippen LogP contribution in [0, 0.1) is 5.92 Å². The van der Waals surface area contributed by atoms with Crippen molar-refractivity contribution in [3.05, 3.63) is 29.3 Å². The maximum atomic E-state index is 5.87. The molecule has 0 fully saturated rings. The molecule has 1 aromatic carbocycles. The van der Waals surface area contributed by atoms with Gasteiger partial charge in [0.05, 0.1) is 6.61 Å². The molecular weight excluding hydrogens is 184 g/mol. The van der Waals surface area contributed by atoms with Crippen molar-refractivity contribution in [3.8, 4) is 5.75 Å². The van der Waals surface area contributed by atoms with Crippen LogP contribution in [0.5, 0.6) is 5.75 Å². The predicted molar refractivity (Wildman–Crippen MR) is 63.4 cm³/mol. The van der Waals surface area contributed by atoms with Crippen molar-refractivity contribution >= 4 is 0 Å². The normalized spacial score (nSPS) is 15.1. The van der Waals surface area contributed by atoms with E-state index < -0.39 is 0 Å². The molecule has 1 nitrogen and oxygen atoms in total. The summed E-state index contributed by atoms with van der Waals surface area (Å²) < 4.78 is 5.87. The molecule has 0 atom stereocenters. The third-order valence-electron chi connectivity index (χ3n) is 2.93. The monoisotopic (exact) mass is 204 g/mol. The zero-order valence-electron chi connectivity index (χ0n) is 9.75. The van der Waals surface area contributed by atoms with Crippen LogP contribution in [0.25, 0.3) is 0 Å². The van der Waals surface area contributed by atoms with Gasteiger partial charge in [0.25, 0.3) is 0 Å². The molecule has 0 unspecified atom stereocenters. The Morgan fingerprint density at radius 1 is 1.20 bits per heavy atom. The minimum atomic E-state index is 0.601. The van der Waals surface area contributed by atoms with Gasteiger partial charge in [-0.15, -0.1) is 0 Å². The average Bonchev–Trinajstić information content (AvgIpc) is 2.26. The zero-order valence-corrected chi connectivity index (χ0v) is 9.75. The molecule has 0 saturated heterocycles. The fourth-order valence-electron chi connectivity index (χ4n) is 2.14. The second-order valence-electron chi connectivity index (χ2n) is 4.81. The quantitative estimate of drug-likeness (QED) is 0.731. The van der Waals surface area contributed by atoms with Crippen molar-refractivity contribution in [2.24, 2.45) is 5.92 Å². The highest BCUT2D eigenvalue weighted by Gasteiger charge is 2.13. The first-order valence-electron chi connectivity index (χ1n) is 6.01. The molecular formula is C14H20O. The molecule has 1 aliphatic carbocycles. The number of hydrogen-bond acceptors (Lipinski definition) is 1. The maximum Gasteiger partial charge on any atom is 0.122 e. The Labute approximate surface area is 92.5 Å². The van der Waals surface area contributed by atoms with Crippen LogP contribution >= 0.6 is 0 Å². The standard InChI is InChI=1S/C14H20O/c1-11(2)10-15-14-9-5-7-12-6-3-4-8-13(12)14/h5,7,9,11H,3-4,6,8,10H2,1-2H3. The Hall–Kier alpha value is -0.980. The molecule has 1 aromatic rings. The number of rotatable bonds is 3. The number of fused-ring (bicyclic) bond motifs is 1. The van der Waals surface area contributed by atoms with Gasteiger partial charge in [0, 0.05) is 0 Å². The summed E-state index contributed by atoms with van der Waals surface area (Å²) in [6, 6.07) is 6.49. The second-order valence-corrected chi connectivity index (χ2v) is 4.81. The number of ether oxygens (including phenoxy) is 1. The summed E-state index contributed by atoms with van der Waals surface area (Å²) in [5, 5.41) is 0. The Bertz CT molecular complexity index is 328. The maximum absolute atomic E-state index is 5.87. The van der Waals surface area contributed by atoms with Crippen molar-refractivity contribution < 1.29 is 4.74 Å².